The van der Waals surface area contributed by atoms with Gasteiger partial charge in [0.25, 0.3) is 0 Å². The molecular formula is C9H8N2O2S2. The molecule has 4 nitrogen and oxygen atoms in total. The van der Waals surface area contributed by atoms with Gasteiger partial charge in [-0.15, -0.1) is 22.7 Å². The minimum atomic E-state index is -0.922. The number of aromatic nitrogens is 2. The van der Waals surface area contributed by atoms with Crippen LogP contribution in [-0.2, 0) is 6.42 Å². The van der Waals surface area contributed by atoms with Crippen LogP contribution in [0.4, 0.5) is 0 Å². The van der Waals surface area contributed by atoms with Gasteiger partial charge in [0.05, 0.1) is 17.6 Å². The number of carbonyl (C=O) groups is 1. The van der Waals surface area contributed by atoms with Crippen molar-refractivity contribution in [2.24, 2.45) is 0 Å². The molecular weight excluding hydrogens is 232 g/mol. The topological polar surface area (TPSA) is 63.1 Å². The first-order valence-electron chi connectivity index (χ1n) is 4.24. The zero-order valence-corrected chi connectivity index (χ0v) is 9.56. The van der Waals surface area contributed by atoms with Crippen LogP contribution in [0.25, 0.3) is 0 Å². The van der Waals surface area contributed by atoms with E-state index in [2.05, 4.69) is 9.97 Å². The molecule has 2 aromatic rings. The van der Waals surface area contributed by atoms with Gasteiger partial charge < -0.3 is 5.11 Å². The van der Waals surface area contributed by atoms with Crippen LogP contribution in [0.1, 0.15) is 25.4 Å². The summed E-state index contributed by atoms with van der Waals surface area (Å²) in [7, 11) is 0. The van der Waals surface area contributed by atoms with E-state index in [1.807, 2.05) is 12.3 Å². The van der Waals surface area contributed by atoms with E-state index in [0.29, 0.717) is 6.42 Å². The molecule has 2 aromatic heterocycles. The quantitative estimate of drug-likeness (QED) is 0.893. The number of rotatable bonds is 3. The van der Waals surface area contributed by atoms with Crippen molar-refractivity contribution in [2.45, 2.75) is 13.3 Å². The highest BCUT2D eigenvalue weighted by Crippen LogP contribution is 2.18. The molecule has 0 fully saturated rings. The summed E-state index contributed by atoms with van der Waals surface area (Å²) in [4.78, 5) is 19.2. The van der Waals surface area contributed by atoms with Gasteiger partial charge in [-0.05, 0) is 6.92 Å². The summed E-state index contributed by atoms with van der Waals surface area (Å²) >= 11 is 2.77. The average molecular weight is 240 g/mol. The summed E-state index contributed by atoms with van der Waals surface area (Å²) in [6.45, 7) is 1.94. The van der Waals surface area contributed by atoms with Crippen LogP contribution in [0.2, 0.25) is 0 Å². The molecule has 0 saturated carbocycles. The molecule has 1 N–H and O–H groups in total. The number of aromatic carboxylic acids is 1. The van der Waals surface area contributed by atoms with Gasteiger partial charge in [-0.2, -0.15) is 0 Å². The first-order chi connectivity index (χ1) is 7.15. The molecule has 78 valence electrons. The van der Waals surface area contributed by atoms with Crippen LogP contribution in [-0.4, -0.2) is 21.0 Å². The molecule has 2 heterocycles. The van der Waals surface area contributed by atoms with Crippen molar-refractivity contribution in [1.82, 2.24) is 9.97 Å². The van der Waals surface area contributed by atoms with Crippen molar-refractivity contribution < 1.29 is 9.90 Å². The Labute approximate surface area is 94.3 Å². The van der Waals surface area contributed by atoms with Crippen molar-refractivity contribution in [3.63, 3.8) is 0 Å². The third-order valence-electron chi connectivity index (χ3n) is 1.73. The SMILES string of the molecule is Cc1csc(Cc2ncc(C(=O)O)s2)n1. The summed E-state index contributed by atoms with van der Waals surface area (Å²) in [5, 5.41) is 12.5. The average Bonchev–Trinajstić information content (AvgIpc) is 2.76. The lowest BCUT2D eigenvalue weighted by atomic mass is 10.4. The van der Waals surface area contributed by atoms with Crippen molar-refractivity contribution in [1.29, 1.82) is 0 Å². The largest absolute Gasteiger partial charge is 0.477 e. The highest BCUT2D eigenvalue weighted by molar-refractivity contribution is 7.14. The first-order valence-corrected chi connectivity index (χ1v) is 5.94. The fraction of sp³-hybridized carbons (Fsp3) is 0.222. The number of hydrogen-bond donors (Lipinski definition) is 1. The smallest absolute Gasteiger partial charge is 0.347 e. The number of carboxylic acids is 1. The predicted molar refractivity (Wildman–Crippen MR) is 58.7 cm³/mol. The number of thiazole rings is 2. The predicted octanol–water partition coefficient (Wildman–Crippen LogP) is 2.20. The molecule has 0 aliphatic heterocycles. The lowest BCUT2D eigenvalue weighted by molar-refractivity contribution is 0.0702. The molecule has 0 aromatic carbocycles. The standard InChI is InChI=1S/C9H8N2O2S2/c1-5-4-14-8(11-5)2-7-10-3-6(15-7)9(12)13/h3-4H,2H2,1H3,(H,12,13). The Morgan fingerprint density at radius 2 is 2.33 bits per heavy atom. The van der Waals surface area contributed by atoms with Crippen LogP contribution < -0.4 is 0 Å². The second-order valence-corrected chi connectivity index (χ2v) is 5.04. The molecule has 6 heteroatoms. The Hall–Kier alpha value is -1.27. The Morgan fingerprint density at radius 3 is 2.87 bits per heavy atom. The van der Waals surface area contributed by atoms with Gasteiger partial charge in [0, 0.05) is 11.1 Å². The Morgan fingerprint density at radius 1 is 1.53 bits per heavy atom. The highest BCUT2D eigenvalue weighted by atomic mass is 32.1. The summed E-state index contributed by atoms with van der Waals surface area (Å²) in [6, 6.07) is 0. The summed E-state index contributed by atoms with van der Waals surface area (Å²) < 4.78 is 0. The molecule has 0 spiro atoms. The lowest BCUT2D eigenvalue weighted by Crippen LogP contribution is -1.89. The zero-order chi connectivity index (χ0) is 10.8. The fourth-order valence-corrected chi connectivity index (χ4v) is 2.73. The first kappa shape index (κ1) is 10.3. The van der Waals surface area contributed by atoms with E-state index in [4.69, 9.17) is 5.11 Å². The van der Waals surface area contributed by atoms with E-state index >= 15 is 0 Å². The molecule has 0 bridgehead atoms. The summed E-state index contributed by atoms with van der Waals surface area (Å²) in [5.41, 5.74) is 0.991. The Bertz CT molecular complexity index is 490. The number of nitrogens with zero attached hydrogens (tertiary/aromatic N) is 2. The van der Waals surface area contributed by atoms with Gasteiger partial charge in [-0.1, -0.05) is 0 Å². The van der Waals surface area contributed by atoms with Crippen LogP contribution in [0.3, 0.4) is 0 Å². The van der Waals surface area contributed by atoms with Crippen molar-refractivity contribution in [3.05, 3.63) is 32.2 Å². The third-order valence-corrected chi connectivity index (χ3v) is 3.69. The van der Waals surface area contributed by atoms with Crippen LogP contribution >= 0.6 is 22.7 Å². The molecule has 0 saturated heterocycles. The van der Waals surface area contributed by atoms with Gasteiger partial charge >= 0.3 is 5.97 Å². The molecule has 0 aliphatic carbocycles. The Balaban J connectivity index is 2.14. The van der Waals surface area contributed by atoms with Crippen molar-refractivity contribution in [3.8, 4) is 0 Å². The number of carboxylic acid groups (broad SMARTS) is 1. The summed E-state index contributed by atoms with van der Waals surface area (Å²) in [5.74, 6) is -0.922. The van der Waals surface area contributed by atoms with Crippen LogP contribution in [0.5, 0.6) is 0 Å². The minimum absolute atomic E-state index is 0.276. The van der Waals surface area contributed by atoms with E-state index in [9.17, 15) is 4.79 Å². The molecule has 0 radical (unpaired) electrons. The lowest BCUT2D eigenvalue weighted by Gasteiger charge is -1.89. The van der Waals surface area contributed by atoms with Gasteiger partial charge in [0.15, 0.2) is 0 Å². The normalized spacial score (nSPS) is 10.5. The van der Waals surface area contributed by atoms with Gasteiger partial charge in [-0.3, -0.25) is 0 Å². The Kier molecular flexibility index (Phi) is 2.79. The maximum absolute atomic E-state index is 10.6. The molecule has 0 amide bonds. The second-order valence-electron chi connectivity index (χ2n) is 2.98. The maximum Gasteiger partial charge on any atom is 0.347 e. The van der Waals surface area contributed by atoms with Gasteiger partial charge in [0.1, 0.15) is 9.88 Å². The van der Waals surface area contributed by atoms with E-state index in [-0.39, 0.29) is 4.88 Å². The van der Waals surface area contributed by atoms with Crippen LogP contribution in [0.15, 0.2) is 11.6 Å². The summed E-state index contributed by atoms with van der Waals surface area (Å²) in [6.07, 6.45) is 2.01. The molecule has 0 atom stereocenters. The van der Waals surface area contributed by atoms with Gasteiger partial charge in [0.2, 0.25) is 0 Å². The van der Waals surface area contributed by atoms with Crippen molar-refractivity contribution in [2.75, 3.05) is 0 Å². The second kappa shape index (κ2) is 4.08. The molecule has 0 unspecified atom stereocenters. The fourth-order valence-electron chi connectivity index (χ4n) is 1.10. The number of aryl methyl sites for hydroxylation is 1. The monoisotopic (exact) mass is 240 g/mol. The van der Waals surface area contributed by atoms with E-state index < -0.39 is 5.97 Å². The van der Waals surface area contributed by atoms with Gasteiger partial charge in [-0.25, -0.2) is 14.8 Å². The number of hydrogen-bond acceptors (Lipinski definition) is 5. The molecule has 2 rings (SSSR count). The maximum atomic E-state index is 10.6. The van der Waals surface area contributed by atoms with E-state index in [1.165, 1.54) is 17.5 Å². The highest BCUT2D eigenvalue weighted by Gasteiger charge is 2.10. The minimum Gasteiger partial charge on any atom is -0.477 e. The molecule has 15 heavy (non-hydrogen) atoms. The molecule has 0 aliphatic rings. The van der Waals surface area contributed by atoms with Crippen molar-refractivity contribution >= 4 is 28.6 Å². The third kappa shape index (κ3) is 2.40. The zero-order valence-electron chi connectivity index (χ0n) is 7.93. The van der Waals surface area contributed by atoms with Crippen LogP contribution in [0, 0.1) is 6.92 Å². The van der Waals surface area contributed by atoms with E-state index in [1.54, 1.807) is 11.3 Å². The van der Waals surface area contributed by atoms with E-state index in [0.717, 1.165) is 15.7 Å².